The minimum Gasteiger partial charge on any atom is -0.373 e. The van der Waals surface area contributed by atoms with Crippen molar-refractivity contribution in [3.05, 3.63) is 0 Å². The zero-order valence-corrected chi connectivity index (χ0v) is 10.4. The fraction of sp³-hybridized carbons (Fsp3) is 0.909. The molecule has 4 nitrogen and oxygen atoms in total. The quantitative estimate of drug-likeness (QED) is 0.800. The zero-order valence-electron chi connectivity index (χ0n) is 9.56. The van der Waals surface area contributed by atoms with Crippen LogP contribution in [0.1, 0.15) is 25.7 Å². The molecule has 0 spiro atoms. The lowest BCUT2D eigenvalue weighted by molar-refractivity contribution is -0.138. The fourth-order valence-corrected chi connectivity index (χ4v) is 1.98. The Kier molecular flexibility index (Phi) is 5.52. The van der Waals surface area contributed by atoms with Crippen molar-refractivity contribution in [2.75, 3.05) is 26.2 Å². The molecule has 2 aliphatic rings. The van der Waals surface area contributed by atoms with Gasteiger partial charge in [0.2, 0.25) is 5.91 Å². The number of nitrogens with zero attached hydrogens (tertiary/aromatic N) is 1. The maximum atomic E-state index is 11.8. The third-order valence-electron chi connectivity index (χ3n) is 3.22. The van der Waals surface area contributed by atoms with Gasteiger partial charge in [-0.05, 0) is 12.3 Å². The number of morpholine rings is 1. The van der Waals surface area contributed by atoms with Crippen LogP contribution in [0.2, 0.25) is 0 Å². The van der Waals surface area contributed by atoms with Crippen LogP contribution in [0.4, 0.5) is 0 Å². The van der Waals surface area contributed by atoms with Gasteiger partial charge in [0.15, 0.2) is 0 Å². The van der Waals surface area contributed by atoms with Gasteiger partial charge >= 0.3 is 0 Å². The number of rotatable bonds is 4. The number of amides is 1. The van der Waals surface area contributed by atoms with E-state index in [1.54, 1.807) is 0 Å². The maximum absolute atomic E-state index is 11.8. The Morgan fingerprint density at radius 1 is 1.44 bits per heavy atom. The molecule has 0 aromatic carbocycles. The molecule has 1 atom stereocenters. The second-order valence-electron chi connectivity index (χ2n) is 4.55. The Bertz CT molecular complexity index is 234. The fourth-order valence-electron chi connectivity index (χ4n) is 1.98. The highest BCUT2D eigenvalue weighted by Crippen LogP contribution is 2.33. The van der Waals surface area contributed by atoms with Crippen LogP contribution in [0.5, 0.6) is 0 Å². The molecule has 1 aliphatic carbocycles. The number of hydrogen-bond donors (Lipinski definition) is 1. The van der Waals surface area contributed by atoms with Gasteiger partial charge in [-0.3, -0.25) is 4.79 Å². The summed E-state index contributed by atoms with van der Waals surface area (Å²) in [7, 11) is 0. The monoisotopic (exact) mass is 248 g/mol. The Labute approximate surface area is 103 Å². The van der Waals surface area contributed by atoms with E-state index in [1.165, 1.54) is 12.8 Å². The molecule has 1 saturated carbocycles. The van der Waals surface area contributed by atoms with Gasteiger partial charge in [-0.15, -0.1) is 12.4 Å². The average molecular weight is 249 g/mol. The topological polar surface area (TPSA) is 55.6 Å². The van der Waals surface area contributed by atoms with Crippen LogP contribution in [-0.2, 0) is 9.53 Å². The summed E-state index contributed by atoms with van der Waals surface area (Å²) in [4.78, 5) is 13.7. The van der Waals surface area contributed by atoms with E-state index in [0.717, 1.165) is 18.9 Å². The molecule has 2 N–H and O–H groups in total. The molecule has 94 valence electrons. The molecular formula is C11H21ClN2O2. The smallest absolute Gasteiger partial charge is 0.222 e. The molecule has 1 saturated heterocycles. The summed E-state index contributed by atoms with van der Waals surface area (Å²) < 4.78 is 5.43. The van der Waals surface area contributed by atoms with Crippen molar-refractivity contribution in [1.82, 2.24) is 4.90 Å². The average Bonchev–Trinajstić information content (AvgIpc) is 3.10. The third-order valence-corrected chi connectivity index (χ3v) is 3.22. The zero-order chi connectivity index (χ0) is 10.7. The van der Waals surface area contributed by atoms with Crippen molar-refractivity contribution >= 4 is 18.3 Å². The van der Waals surface area contributed by atoms with E-state index < -0.39 is 0 Å². The summed E-state index contributed by atoms with van der Waals surface area (Å²) in [5, 5.41) is 0. The Balaban J connectivity index is 0.00000128. The van der Waals surface area contributed by atoms with Crippen LogP contribution >= 0.6 is 12.4 Å². The first-order chi connectivity index (χ1) is 7.29. The lowest BCUT2D eigenvalue weighted by Gasteiger charge is -2.32. The second kappa shape index (κ2) is 6.42. The molecule has 1 heterocycles. The summed E-state index contributed by atoms with van der Waals surface area (Å²) in [6, 6.07) is 0. The number of ether oxygens (including phenoxy) is 1. The van der Waals surface area contributed by atoms with Crippen LogP contribution in [0.3, 0.4) is 0 Å². The Morgan fingerprint density at radius 3 is 2.81 bits per heavy atom. The molecule has 16 heavy (non-hydrogen) atoms. The van der Waals surface area contributed by atoms with E-state index in [-0.39, 0.29) is 24.4 Å². The van der Waals surface area contributed by atoms with E-state index in [2.05, 4.69) is 0 Å². The largest absolute Gasteiger partial charge is 0.373 e. The number of halogens is 1. The molecule has 1 amide bonds. The minimum absolute atomic E-state index is 0. The highest BCUT2D eigenvalue weighted by molar-refractivity contribution is 5.85. The summed E-state index contributed by atoms with van der Waals surface area (Å²) in [6.45, 7) is 2.56. The first-order valence-corrected chi connectivity index (χ1v) is 5.89. The maximum Gasteiger partial charge on any atom is 0.222 e. The van der Waals surface area contributed by atoms with E-state index in [0.29, 0.717) is 26.1 Å². The molecular weight excluding hydrogens is 228 g/mol. The number of nitrogens with two attached hydrogens (primary N) is 1. The molecule has 0 aromatic heterocycles. The Hall–Kier alpha value is -0.320. The molecule has 2 fully saturated rings. The molecule has 0 aromatic rings. The first-order valence-electron chi connectivity index (χ1n) is 5.89. The summed E-state index contributed by atoms with van der Waals surface area (Å²) in [5.41, 5.74) is 5.53. The third kappa shape index (κ3) is 3.92. The van der Waals surface area contributed by atoms with E-state index in [9.17, 15) is 4.79 Å². The summed E-state index contributed by atoms with van der Waals surface area (Å²) in [5.74, 6) is 1.11. The second-order valence-corrected chi connectivity index (χ2v) is 4.55. The Morgan fingerprint density at radius 2 is 2.19 bits per heavy atom. The normalized spacial score (nSPS) is 25.1. The van der Waals surface area contributed by atoms with Gasteiger partial charge in [-0.2, -0.15) is 0 Å². The van der Waals surface area contributed by atoms with Crippen molar-refractivity contribution in [2.24, 2.45) is 11.7 Å². The number of carbonyl (C=O) groups excluding carboxylic acids is 1. The van der Waals surface area contributed by atoms with E-state index in [1.807, 2.05) is 4.90 Å². The van der Waals surface area contributed by atoms with Crippen LogP contribution in [0.15, 0.2) is 0 Å². The number of carbonyl (C=O) groups is 1. The highest BCUT2D eigenvalue weighted by atomic mass is 35.5. The lowest BCUT2D eigenvalue weighted by atomic mass is 10.2. The van der Waals surface area contributed by atoms with Crippen molar-refractivity contribution in [3.8, 4) is 0 Å². The predicted molar refractivity (Wildman–Crippen MR) is 64.6 cm³/mol. The molecule has 1 unspecified atom stereocenters. The van der Waals surface area contributed by atoms with E-state index >= 15 is 0 Å². The van der Waals surface area contributed by atoms with Crippen LogP contribution < -0.4 is 5.73 Å². The standard InChI is InChI=1S/C11H20N2O2.ClH/c12-7-10-8-13(5-6-15-10)11(14)4-3-9-1-2-9;/h9-10H,1-8,12H2;1H. The van der Waals surface area contributed by atoms with Gasteiger partial charge in [0, 0.05) is 26.1 Å². The van der Waals surface area contributed by atoms with Crippen molar-refractivity contribution in [3.63, 3.8) is 0 Å². The highest BCUT2D eigenvalue weighted by Gasteiger charge is 2.26. The van der Waals surface area contributed by atoms with Gasteiger partial charge in [0.25, 0.3) is 0 Å². The van der Waals surface area contributed by atoms with Crippen molar-refractivity contribution in [2.45, 2.75) is 31.8 Å². The molecule has 5 heteroatoms. The lowest BCUT2D eigenvalue weighted by Crippen LogP contribution is -2.48. The number of hydrogen-bond acceptors (Lipinski definition) is 3. The van der Waals surface area contributed by atoms with Gasteiger partial charge in [0.1, 0.15) is 0 Å². The van der Waals surface area contributed by atoms with Gasteiger partial charge in [-0.1, -0.05) is 12.8 Å². The van der Waals surface area contributed by atoms with Gasteiger partial charge < -0.3 is 15.4 Å². The molecule has 2 rings (SSSR count). The summed E-state index contributed by atoms with van der Waals surface area (Å²) in [6.07, 6.45) is 4.47. The van der Waals surface area contributed by atoms with Crippen LogP contribution in [0.25, 0.3) is 0 Å². The SMILES string of the molecule is Cl.NCC1CN(C(=O)CCC2CC2)CCO1. The molecule has 0 radical (unpaired) electrons. The first kappa shape index (κ1) is 13.7. The van der Waals surface area contributed by atoms with Crippen molar-refractivity contribution in [1.29, 1.82) is 0 Å². The van der Waals surface area contributed by atoms with Gasteiger partial charge in [-0.25, -0.2) is 0 Å². The summed E-state index contributed by atoms with van der Waals surface area (Å²) >= 11 is 0. The molecule has 1 aliphatic heterocycles. The van der Waals surface area contributed by atoms with Gasteiger partial charge in [0.05, 0.1) is 12.7 Å². The predicted octanol–water partition coefficient (Wildman–Crippen LogP) is 0.784. The van der Waals surface area contributed by atoms with Crippen LogP contribution in [-0.4, -0.2) is 43.2 Å². The van der Waals surface area contributed by atoms with E-state index in [4.69, 9.17) is 10.5 Å². The molecule has 0 bridgehead atoms. The minimum atomic E-state index is 0. The van der Waals surface area contributed by atoms with Crippen LogP contribution in [0, 0.1) is 5.92 Å². The van der Waals surface area contributed by atoms with Crippen molar-refractivity contribution < 1.29 is 9.53 Å².